The molecule has 112 valence electrons. The minimum Gasteiger partial charge on any atom is -0.481 e. The molecule has 0 fully saturated rings. The molecule has 1 aromatic carbocycles. The van der Waals surface area contributed by atoms with Crippen LogP contribution in [-0.2, 0) is 30.9 Å². The van der Waals surface area contributed by atoms with Crippen LogP contribution in [0.4, 0.5) is 0 Å². The zero-order chi connectivity index (χ0) is 15.7. The lowest BCUT2D eigenvalue weighted by Crippen LogP contribution is -2.13. The van der Waals surface area contributed by atoms with Crippen molar-refractivity contribution in [3.63, 3.8) is 0 Å². The molecule has 1 aromatic rings. The van der Waals surface area contributed by atoms with Gasteiger partial charge in [-0.3, -0.25) is 4.79 Å². The topological polar surface area (TPSA) is 106 Å². The Labute approximate surface area is 118 Å². The van der Waals surface area contributed by atoms with Gasteiger partial charge in [0.05, 0.1) is 15.7 Å². The molecule has 0 heterocycles. The molecule has 0 aliphatic heterocycles. The van der Waals surface area contributed by atoms with Crippen LogP contribution >= 0.6 is 0 Å². The van der Waals surface area contributed by atoms with Crippen LogP contribution in [0.2, 0.25) is 0 Å². The van der Waals surface area contributed by atoms with Crippen molar-refractivity contribution in [2.75, 3.05) is 12.5 Å². The molecule has 0 radical (unpaired) electrons. The Bertz CT molecular complexity index is 731. The number of hydrogen-bond acceptors (Lipinski definition) is 5. The van der Waals surface area contributed by atoms with Gasteiger partial charge in [0.15, 0.2) is 19.7 Å². The van der Waals surface area contributed by atoms with Crippen LogP contribution < -0.4 is 0 Å². The molecular formula is C12H16O6S2. The second kappa shape index (κ2) is 5.53. The number of carbonyl (C=O) groups is 1. The fraction of sp³-hybridized carbons (Fsp3) is 0.417. The van der Waals surface area contributed by atoms with E-state index < -0.39 is 31.6 Å². The zero-order valence-electron chi connectivity index (χ0n) is 11.3. The quantitative estimate of drug-likeness (QED) is 0.858. The summed E-state index contributed by atoms with van der Waals surface area (Å²) in [7, 11) is -7.40. The molecule has 1 atom stereocenters. The van der Waals surface area contributed by atoms with E-state index in [4.69, 9.17) is 5.11 Å². The second-order valence-corrected chi connectivity index (χ2v) is 8.74. The Balaban J connectivity index is 3.41. The molecule has 0 saturated carbocycles. The molecule has 1 rings (SSSR count). The summed E-state index contributed by atoms with van der Waals surface area (Å²) >= 11 is 0. The lowest BCUT2D eigenvalue weighted by Gasteiger charge is -2.11. The molecule has 0 aromatic heterocycles. The fourth-order valence-electron chi connectivity index (χ4n) is 1.72. The van der Waals surface area contributed by atoms with Crippen LogP contribution in [0.15, 0.2) is 28.0 Å². The summed E-state index contributed by atoms with van der Waals surface area (Å²) < 4.78 is 46.6. The lowest BCUT2D eigenvalue weighted by molar-refractivity contribution is -0.141. The number of benzene rings is 1. The van der Waals surface area contributed by atoms with E-state index >= 15 is 0 Å². The largest absolute Gasteiger partial charge is 0.481 e. The highest BCUT2D eigenvalue weighted by atomic mass is 32.2. The van der Waals surface area contributed by atoms with Gasteiger partial charge in [-0.25, -0.2) is 16.8 Å². The summed E-state index contributed by atoms with van der Waals surface area (Å²) in [5.41, 5.74) is 0.465. The van der Waals surface area contributed by atoms with Crippen molar-refractivity contribution in [1.29, 1.82) is 0 Å². The highest BCUT2D eigenvalue weighted by Gasteiger charge is 2.22. The lowest BCUT2D eigenvalue weighted by atomic mass is 10.0. The molecule has 20 heavy (non-hydrogen) atoms. The third-order valence-corrected chi connectivity index (χ3v) is 5.19. The number of hydrogen-bond donors (Lipinski definition) is 1. The zero-order valence-corrected chi connectivity index (χ0v) is 13.0. The number of rotatable bonds is 5. The Morgan fingerprint density at radius 1 is 1.10 bits per heavy atom. The van der Waals surface area contributed by atoms with E-state index in [1.807, 2.05) is 0 Å². The fourth-order valence-corrected chi connectivity index (χ4v) is 4.16. The van der Waals surface area contributed by atoms with Gasteiger partial charge in [0.2, 0.25) is 0 Å². The third-order valence-electron chi connectivity index (χ3n) is 2.77. The minimum atomic E-state index is -3.72. The Morgan fingerprint density at radius 2 is 1.60 bits per heavy atom. The Kier molecular flexibility index (Phi) is 4.60. The van der Waals surface area contributed by atoms with Crippen LogP contribution in [0.1, 0.15) is 12.5 Å². The Hall–Kier alpha value is -1.41. The maximum atomic E-state index is 11.7. The van der Waals surface area contributed by atoms with Crippen molar-refractivity contribution in [2.24, 2.45) is 5.92 Å². The first kappa shape index (κ1) is 16.6. The number of sulfone groups is 2. The minimum absolute atomic E-state index is 0.127. The van der Waals surface area contributed by atoms with Gasteiger partial charge in [-0.05, 0) is 24.1 Å². The summed E-state index contributed by atoms with van der Waals surface area (Å²) in [6.07, 6.45) is 1.97. The van der Waals surface area contributed by atoms with Crippen LogP contribution in [0.3, 0.4) is 0 Å². The van der Waals surface area contributed by atoms with E-state index in [1.165, 1.54) is 25.1 Å². The standard InChI is InChI=1S/C12H16O6S2/c1-8(12(13)14)6-9-4-5-10(19(2,15)16)11(7-9)20(3,17)18/h4-5,7-8H,6H2,1-3H3,(H,13,14). The molecule has 1 N–H and O–H groups in total. The molecular weight excluding hydrogens is 304 g/mol. The van der Waals surface area contributed by atoms with Crippen molar-refractivity contribution < 1.29 is 26.7 Å². The van der Waals surface area contributed by atoms with Crippen molar-refractivity contribution >= 4 is 25.6 Å². The van der Waals surface area contributed by atoms with Gasteiger partial charge in [0.25, 0.3) is 0 Å². The predicted octanol–water partition coefficient (Wildman–Crippen LogP) is 0.757. The summed E-state index contributed by atoms with van der Waals surface area (Å²) in [4.78, 5) is 10.2. The van der Waals surface area contributed by atoms with Crippen molar-refractivity contribution in [1.82, 2.24) is 0 Å². The first-order chi connectivity index (χ1) is 8.93. The van der Waals surface area contributed by atoms with E-state index in [2.05, 4.69) is 0 Å². The monoisotopic (exact) mass is 320 g/mol. The average molecular weight is 320 g/mol. The normalized spacial score (nSPS) is 13.9. The summed E-state index contributed by atoms with van der Waals surface area (Å²) in [6, 6.07) is 3.87. The molecule has 0 aliphatic rings. The van der Waals surface area contributed by atoms with E-state index in [0.717, 1.165) is 12.5 Å². The molecule has 0 saturated heterocycles. The van der Waals surface area contributed by atoms with Crippen LogP contribution in [-0.4, -0.2) is 40.4 Å². The molecule has 1 unspecified atom stereocenters. The van der Waals surface area contributed by atoms with E-state index in [0.29, 0.717) is 5.56 Å². The molecule has 8 heteroatoms. The van der Waals surface area contributed by atoms with Crippen LogP contribution in [0.5, 0.6) is 0 Å². The number of aliphatic carboxylic acids is 1. The summed E-state index contributed by atoms with van der Waals surface area (Å²) in [5.74, 6) is -1.69. The molecule has 0 spiro atoms. The number of carboxylic acids is 1. The van der Waals surface area contributed by atoms with Gasteiger partial charge >= 0.3 is 5.97 Å². The van der Waals surface area contributed by atoms with Crippen molar-refractivity contribution in [2.45, 2.75) is 23.1 Å². The van der Waals surface area contributed by atoms with E-state index in [9.17, 15) is 21.6 Å². The van der Waals surface area contributed by atoms with Gasteiger partial charge in [0.1, 0.15) is 0 Å². The first-order valence-corrected chi connectivity index (χ1v) is 9.47. The maximum absolute atomic E-state index is 11.7. The second-order valence-electron chi connectivity index (χ2n) is 4.77. The predicted molar refractivity (Wildman–Crippen MR) is 73.2 cm³/mol. The average Bonchev–Trinajstić information content (AvgIpc) is 2.26. The van der Waals surface area contributed by atoms with Crippen LogP contribution in [0.25, 0.3) is 0 Å². The van der Waals surface area contributed by atoms with Gasteiger partial charge < -0.3 is 5.11 Å². The van der Waals surface area contributed by atoms with Gasteiger partial charge in [-0.1, -0.05) is 13.0 Å². The van der Waals surface area contributed by atoms with Gasteiger partial charge in [0, 0.05) is 12.5 Å². The smallest absolute Gasteiger partial charge is 0.306 e. The summed E-state index contributed by atoms with van der Waals surface area (Å²) in [5, 5.41) is 8.84. The van der Waals surface area contributed by atoms with E-state index in [1.54, 1.807) is 0 Å². The number of carboxylic acid groups (broad SMARTS) is 1. The highest BCUT2D eigenvalue weighted by Crippen LogP contribution is 2.23. The molecule has 6 nitrogen and oxygen atoms in total. The summed E-state index contributed by atoms with van der Waals surface area (Å²) in [6.45, 7) is 1.49. The van der Waals surface area contributed by atoms with Gasteiger partial charge in [-0.2, -0.15) is 0 Å². The van der Waals surface area contributed by atoms with E-state index in [-0.39, 0.29) is 16.2 Å². The Morgan fingerprint density at radius 3 is 2.00 bits per heavy atom. The van der Waals surface area contributed by atoms with Crippen molar-refractivity contribution in [3.8, 4) is 0 Å². The molecule has 0 bridgehead atoms. The van der Waals surface area contributed by atoms with Crippen LogP contribution in [0, 0.1) is 5.92 Å². The molecule has 0 amide bonds. The first-order valence-electron chi connectivity index (χ1n) is 5.69. The maximum Gasteiger partial charge on any atom is 0.306 e. The SMILES string of the molecule is CC(Cc1ccc(S(C)(=O)=O)c(S(C)(=O)=O)c1)C(=O)O. The highest BCUT2D eigenvalue weighted by molar-refractivity contribution is 7.93. The third kappa shape index (κ3) is 4.04. The van der Waals surface area contributed by atoms with Crippen molar-refractivity contribution in [3.05, 3.63) is 23.8 Å². The van der Waals surface area contributed by atoms with Gasteiger partial charge in [-0.15, -0.1) is 0 Å². The molecule has 0 aliphatic carbocycles.